The molecule has 1 N–H and O–H groups in total. The highest BCUT2D eigenvalue weighted by Crippen LogP contribution is 2.42. The quantitative estimate of drug-likeness (QED) is 0.677. The van der Waals surface area contributed by atoms with Crippen molar-refractivity contribution in [2.24, 2.45) is 0 Å². The van der Waals surface area contributed by atoms with Gasteiger partial charge in [0.15, 0.2) is 0 Å². The van der Waals surface area contributed by atoms with Crippen molar-refractivity contribution in [3.63, 3.8) is 0 Å². The summed E-state index contributed by atoms with van der Waals surface area (Å²) in [6.07, 6.45) is 1.81. The highest BCUT2D eigenvalue weighted by atomic mass is 31.2. The fraction of sp³-hybridized carbons (Fsp3) is 1.00. The van der Waals surface area contributed by atoms with Crippen LogP contribution in [0.5, 0.6) is 0 Å². The second-order valence-electron chi connectivity index (χ2n) is 2.58. The molecule has 0 bridgehead atoms. The van der Waals surface area contributed by atoms with Gasteiger partial charge in [0.2, 0.25) is 0 Å². The maximum Gasteiger partial charge on any atom is 0.472 e. The van der Waals surface area contributed by atoms with Crippen LogP contribution in [0.1, 0.15) is 12.8 Å². The molecule has 1 rings (SSSR count). The van der Waals surface area contributed by atoms with Crippen LogP contribution in [0.25, 0.3) is 0 Å². The second-order valence-corrected chi connectivity index (χ2v) is 4.14. The first-order chi connectivity index (χ1) is 5.64. The maximum atomic E-state index is 10.8. The normalized spacial score (nSPS) is 28.7. The summed E-state index contributed by atoms with van der Waals surface area (Å²) in [6, 6.07) is 0. The molecule has 1 heterocycles. The molecule has 6 heteroatoms. The zero-order valence-corrected chi connectivity index (χ0v) is 7.83. The Hall–Kier alpha value is 0.0700. The molecule has 0 saturated carbocycles. The second kappa shape index (κ2) is 4.35. The summed E-state index contributed by atoms with van der Waals surface area (Å²) in [4.78, 5) is 8.84. The van der Waals surface area contributed by atoms with Crippen LogP contribution in [-0.4, -0.2) is 31.3 Å². The van der Waals surface area contributed by atoms with E-state index in [-0.39, 0.29) is 12.7 Å². The third-order valence-electron chi connectivity index (χ3n) is 1.68. The Morgan fingerprint density at radius 1 is 1.75 bits per heavy atom. The van der Waals surface area contributed by atoms with Crippen molar-refractivity contribution in [2.75, 3.05) is 20.3 Å². The summed E-state index contributed by atoms with van der Waals surface area (Å²) >= 11 is 0. The molecule has 0 radical (unpaired) electrons. The maximum absolute atomic E-state index is 10.8. The van der Waals surface area contributed by atoms with E-state index >= 15 is 0 Å². The van der Waals surface area contributed by atoms with Crippen LogP contribution in [0, 0.1) is 0 Å². The zero-order chi connectivity index (χ0) is 9.03. The van der Waals surface area contributed by atoms with Gasteiger partial charge in [-0.05, 0) is 12.8 Å². The van der Waals surface area contributed by atoms with Gasteiger partial charge in [0.25, 0.3) is 0 Å². The van der Waals surface area contributed by atoms with Crippen LogP contribution >= 0.6 is 7.82 Å². The summed E-state index contributed by atoms with van der Waals surface area (Å²) in [7, 11) is -2.67. The van der Waals surface area contributed by atoms with Gasteiger partial charge in [-0.15, -0.1) is 0 Å². The van der Waals surface area contributed by atoms with Crippen molar-refractivity contribution in [2.45, 2.75) is 18.9 Å². The third kappa shape index (κ3) is 3.21. The summed E-state index contributed by atoms with van der Waals surface area (Å²) < 4.78 is 24.8. The molecule has 0 aromatic heterocycles. The standard InChI is InChI=1S/C6H13O5P/c1-9-12(7,8)11-5-6-3-2-4-10-6/h6H,2-5H2,1H3,(H,7,8). The Bertz CT molecular complexity index is 177. The molecular weight excluding hydrogens is 183 g/mol. The minimum Gasteiger partial charge on any atom is -0.376 e. The molecule has 1 fully saturated rings. The van der Waals surface area contributed by atoms with E-state index in [1.165, 1.54) is 0 Å². The zero-order valence-electron chi connectivity index (χ0n) is 6.93. The number of ether oxygens (including phenoxy) is 1. The summed E-state index contributed by atoms with van der Waals surface area (Å²) in [5.41, 5.74) is 0. The number of hydrogen-bond acceptors (Lipinski definition) is 4. The summed E-state index contributed by atoms with van der Waals surface area (Å²) in [6.45, 7) is 0.832. The van der Waals surface area contributed by atoms with Gasteiger partial charge in [-0.1, -0.05) is 0 Å². The van der Waals surface area contributed by atoms with Gasteiger partial charge in [-0.25, -0.2) is 4.57 Å². The molecule has 1 aliphatic rings. The van der Waals surface area contributed by atoms with E-state index in [2.05, 4.69) is 9.05 Å². The molecule has 2 atom stereocenters. The highest BCUT2D eigenvalue weighted by Gasteiger charge is 2.23. The monoisotopic (exact) mass is 196 g/mol. The average molecular weight is 196 g/mol. The van der Waals surface area contributed by atoms with Crippen molar-refractivity contribution in [1.29, 1.82) is 0 Å². The molecular formula is C6H13O5P. The van der Waals surface area contributed by atoms with E-state index in [1.807, 2.05) is 0 Å². The Kier molecular flexibility index (Phi) is 3.68. The fourth-order valence-electron chi connectivity index (χ4n) is 1.01. The molecule has 0 spiro atoms. The largest absolute Gasteiger partial charge is 0.472 e. The predicted molar refractivity (Wildman–Crippen MR) is 41.8 cm³/mol. The first-order valence-corrected chi connectivity index (χ1v) is 5.28. The van der Waals surface area contributed by atoms with Crippen LogP contribution in [-0.2, 0) is 18.3 Å². The molecule has 2 unspecified atom stereocenters. The van der Waals surface area contributed by atoms with Crippen LogP contribution in [0.15, 0.2) is 0 Å². The number of hydrogen-bond donors (Lipinski definition) is 1. The molecule has 5 nitrogen and oxygen atoms in total. The number of phosphoric ester groups is 1. The van der Waals surface area contributed by atoms with E-state index in [0.717, 1.165) is 20.0 Å². The molecule has 1 saturated heterocycles. The van der Waals surface area contributed by atoms with Gasteiger partial charge < -0.3 is 9.63 Å². The molecule has 0 aliphatic carbocycles. The molecule has 0 aromatic rings. The van der Waals surface area contributed by atoms with Crippen molar-refractivity contribution in [3.05, 3.63) is 0 Å². The van der Waals surface area contributed by atoms with E-state index in [4.69, 9.17) is 9.63 Å². The predicted octanol–water partition coefficient (Wildman–Crippen LogP) is 0.929. The molecule has 1 aliphatic heterocycles. The van der Waals surface area contributed by atoms with Crippen LogP contribution in [0.2, 0.25) is 0 Å². The van der Waals surface area contributed by atoms with Gasteiger partial charge in [0.05, 0.1) is 12.7 Å². The Balaban J connectivity index is 2.20. The van der Waals surface area contributed by atoms with Crippen LogP contribution < -0.4 is 0 Å². The number of phosphoric acid groups is 1. The van der Waals surface area contributed by atoms with Crippen molar-refractivity contribution in [1.82, 2.24) is 0 Å². The van der Waals surface area contributed by atoms with Crippen LogP contribution in [0.4, 0.5) is 0 Å². The van der Waals surface area contributed by atoms with E-state index in [1.54, 1.807) is 0 Å². The van der Waals surface area contributed by atoms with E-state index in [0.29, 0.717) is 6.61 Å². The Morgan fingerprint density at radius 2 is 2.50 bits per heavy atom. The van der Waals surface area contributed by atoms with Gasteiger partial charge in [-0.2, -0.15) is 0 Å². The molecule has 0 amide bonds. The van der Waals surface area contributed by atoms with Gasteiger partial charge in [-0.3, -0.25) is 9.05 Å². The van der Waals surface area contributed by atoms with E-state index in [9.17, 15) is 4.57 Å². The lowest BCUT2D eigenvalue weighted by atomic mass is 10.2. The van der Waals surface area contributed by atoms with Gasteiger partial charge in [0, 0.05) is 13.7 Å². The minimum atomic E-state index is -3.81. The van der Waals surface area contributed by atoms with Crippen molar-refractivity contribution < 1.29 is 23.2 Å². The lowest BCUT2D eigenvalue weighted by molar-refractivity contribution is 0.0516. The first kappa shape index (κ1) is 10.2. The average Bonchev–Trinajstić information content (AvgIpc) is 2.53. The molecule has 72 valence electrons. The van der Waals surface area contributed by atoms with Crippen molar-refractivity contribution in [3.8, 4) is 0 Å². The first-order valence-electron chi connectivity index (χ1n) is 3.79. The van der Waals surface area contributed by atoms with Gasteiger partial charge in [0.1, 0.15) is 0 Å². The lowest BCUT2D eigenvalue weighted by Crippen LogP contribution is -2.13. The van der Waals surface area contributed by atoms with Crippen LogP contribution in [0.3, 0.4) is 0 Å². The smallest absolute Gasteiger partial charge is 0.376 e. The summed E-state index contributed by atoms with van der Waals surface area (Å²) in [5.74, 6) is 0. The van der Waals surface area contributed by atoms with Crippen molar-refractivity contribution >= 4 is 7.82 Å². The fourth-order valence-corrected chi connectivity index (χ4v) is 1.47. The summed E-state index contributed by atoms with van der Waals surface area (Å²) in [5, 5.41) is 0. The van der Waals surface area contributed by atoms with Gasteiger partial charge >= 0.3 is 7.82 Å². The number of rotatable bonds is 4. The highest BCUT2D eigenvalue weighted by molar-refractivity contribution is 7.47. The van der Waals surface area contributed by atoms with E-state index < -0.39 is 7.82 Å². The third-order valence-corrected chi connectivity index (χ3v) is 2.62. The Labute approximate surface area is 71.2 Å². The molecule has 12 heavy (non-hydrogen) atoms. The Morgan fingerprint density at radius 3 is 3.00 bits per heavy atom. The minimum absolute atomic E-state index is 0.0550. The topological polar surface area (TPSA) is 65.0 Å². The lowest BCUT2D eigenvalue weighted by Gasteiger charge is -2.12. The molecule has 0 aromatic carbocycles. The SMILES string of the molecule is COP(=O)(O)OCC1CCCO1.